The van der Waals surface area contributed by atoms with Gasteiger partial charge in [0.1, 0.15) is 5.75 Å². The molecule has 1 heterocycles. The van der Waals surface area contributed by atoms with Crippen LogP contribution in [0.1, 0.15) is 32.6 Å². The summed E-state index contributed by atoms with van der Waals surface area (Å²) in [5, 5.41) is 1.61. The second-order valence-electron chi connectivity index (χ2n) is 5.92. The summed E-state index contributed by atoms with van der Waals surface area (Å²) in [6.45, 7) is 4.00. The van der Waals surface area contributed by atoms with E-state index in [1.165, 1.54) is 0 Å². The fraction of sp³-hybridized carbons (Fsp3) is 0.444. The highest BCUT2D eigenvalue weighted by Crippen LogP contribution is 2.33. The van der Waals surface area contributed by atoms with Gasteiger partial charge in [-0.15, -0.1) is 0 Å². The molecular formula is C18H23NO3S. The lowest BCUT2D eigenvalue weighted by atomic mass is 10.1. The van der Waals surface area contributed by atoms with Crippen LogP contribution in [0.25, 0.3) is 10.8 Å². The van der Waals surface area contributed by atoms with Crippen LogP contribution in [0, 0.1) is 0 Å². The summed E-state index contributed by atoms with van der Waals surface area (Å²) in [5.41, 5.74) is 0. The molecule has 0 radical (unpaired) electrons. The summed E-state index contributed by atoms with van der Waals surface area (Å²) in [6.07, 6.45) is 3.94. The summed E-state index contributed by atoms with van der Waals surface area (Å²) in [7, 11) is -3.43. The summed E-state index contributed by atoms with van der Waals surface area (Å²) >= 11 is 0. The third kappa shape index (κ3) is 3.21. The van der Waals surface area contributed by atoms with Crippen LogP contribution in [0.2, 0.25) is 0 Å². The number of benzene rings is 2. The number of sulfonamides is 1. The van der Waals surface area contributed by atoms with E-state index >= 15 is 0 Å². The molecule has 2 aromatic carbocycles. The maximum atomic E-state index is 12.9. The van der Waals surface area contributed by atoms with Crippen LogP contribution < -0.4 is 4.74 Å². The SMILES string of the molecule is CCCCOc1ccc(S(=O)(=O)N2CCCC2)c2ccccc12. The molecule has 0 atom stereocenters. The van der Waals surface area contributed by atoms with E-state index in [1.807, 2.05) is 24.3 Å². The summed E-state index contributed by atoms with van der Waals surface area (Å²) in [4.78, 5) is 0.387. The van der Waals surface area contributed by atoms with Gasteiger partial charge in [0.2, 0.25) is 10.0 Å². The van der Waals surface area contributed by atoms with E-state index < -0.39 is 10.0 Å². The van der Waals surface area contributed by atoms with E-state index in [2.05, 4.69) is 6.92 Å². The van der Waals surface area contributed by atoms with Crippen LogP contribution in [0.4, 0.5) is 0 Å². The largest absolute Gasteiger partial charge is 0.493 e. The average molecular weight is 333 g/mol. The molecule has 1 fully saturated rings. The highest BCUT2D eigenvalue weighted by atomic mass is 32.2. The van der Waals surface area contributed by atoms with Crippen LogP contribution in [0.5, 0.6) is 5.75 Å². The van der Waals surface area contributed by atoms with Crippen LogP contribution in [-0.2, 0) is 10.0 Å². The van der Waals surface area contributed by atoms with Crippen LogP contribution >= 0.6 is 0 Å². The molecule has 0 aliphatic carbocycles. The smallest absolute Gasteiger partial charge is 0.243 e. The van der Waals surface area contributed by atoms with Crippen molar-refractivity contribution < 1.29 is 13.2 Å². The van der Waals surface area contributed by atoms with E-state index in [1.54, 1.807) is 16.4 Å². The van der Waals surface area contributed by atoms with Crippen LogP contribution in [-0.4, -0.2) is 32.4 Å². The number of rotatable bonds is 6. The molecule has 0 unspecified atom stereocenters. The molecule has 124 valence electrons. The fourth-order valence-electron chi connectivity index (χ4n) is 2.99. The Hall–Kier alpha value is -1.59. The van der Waals surface area contributed by atoms with Gasteiger partial charge >= 0.3 is 0 Å². The Kier molecular flexibility index (Phi) is 4.87. The average Bonchev–Trinajstić information content (AvgIpc) is 3.10. The van der Waals surface area contributed by atoms with Gasteiger partial charge < -0.3 is 4.74 Å². The molecule has 2 aromatic rings. The number of ether oxygens (including phenoxy) is 1. The van der Waals surface area contributed by atoms with E-state index in [4.69, 9.17) is 4.74 Å². The normalized spacial score (nSPS) is 16.0. The molecule has 0 amide bonds. The van der Waals surface area contributed by atoms with Gasteiger partial charge in [0, 0.05) is 23.9 Å². The molecule has 1 aliphatic rings. The Bertz CT molecular complexity index is 780. The lowest BCUT2D eigenvalue weighted by Gasteiger charge is -2.18. The number of hydrogen-bond acceptors (Lipinski definition) is 3. The number of fused-ring (bicyclic) bond motifs is 1. The maximum absolute atomic E-state index is 12.9. The zero-order valence-electron chi connectivity index (χ0n) is 13.5. The van der Waals surface area contributed by atoms with Crippen molar-refractivity contribution in [3.8, 4) is 5.75 Å². The van der Waals surface area contributed by atoms with Crippen molar-refractivity contribution in [1.29, 1.82) is 0 Å². The minimum Gasteiger partial charge on any atom is -0.493 e. The lowest BCUT2D eigenvalue weighted by Crippen LogP contribution is -2.28. The number of nitrogens with zero attached hydrogens (tertiary/aromatic N) is 1. The first-order chi connectivity index (χ1) is 11.1. The quantitative estimate of drug-likeness (QED) is 0.755. The molecule has 0 spiro atoms. The molecule has 0 saturated carbocycles. The standard InChI is InChI=1S/C18H23NO3S/c1-2-3-14-22-17-10-11-18(16-9-5-4-8-15(16)17)23(20,21)19-12-6-7-13-19/h4-5,8-11H,2-3,6-7,12-14H2,1H3. The van der Waals surface area contributed by atoms with Crippen molar-refractivity contribution in [2.75, 3.05) is 19.7 Å². The highest BCUT2D eigenvalue weighted by Gasteiger charge is 2.29. The summed E-state index contributed by atoms with van der Waals surface area (Å²) < 4.78 is 33.2. The van der Waals surface area contributed by atoms with Crippen molar-refractivity contribution >= 4 is 20.8 Å². The van der Waals surface area contributed by atoms with Crippen LogP contribution in [0.3, 0.4) is 0 Å². The van der Waals surface area contributed by atoms with E-state index in [0.29, 0.717) is 24.6 Å². The molecular weight excluding hydrogens is 310 g/mol. The Morgan fingerprint density at radius 1 is 1.04 bits per heavy atom. The molecule has 0 N–H and O–H groups in total. The second kappa shape index (κ2) is 6.89. The molecule has 1 aliphatic heterocycles. The molecule has 0 aromatic heterocycles. The van der Waals surface area contributed by atoms with Crippen molar-refractivity contribution in [2.24, 2.45) is 0 Å². The molecule has 23 heavy (non-hydrogen) atoms. The topological polar surface area (TPSA) is 46.6 Å². The summed E-state index contributed by atoms with van der Waals surface area (Å²) in [6, 6.07) is 11.1. The minimum atomic E-state index is -3.43. The van der Waals surface area contributed by atoms with Gasteiger partial charge in [-0.05, 0) is 31.4 Å². The Morgan fingerprint density at radius 3 is 2.43 bits per heavy atom. The summed E-state index contributed by atoms with van der Waals surface area (Å²) in [5.74, 6) is 0.759. The Balaban J connectivity index is 2.04. The van der Waals surface area contributed by atoms with Crippen molar-refractivity contribution in [2.45, 2.75) is 37.5 Å². The molecule has 0 bridgehead atoms. The number of unbranched alkanes of at least 4 members (excludes halogenated alkanes) is 1. The zero-order valence-corrected chi connectivity index (χ0v) is 14.3. The molecule has 1 saturated heterocycles. The third-order valence-corrected chi connectivity index (χ3v) is 6.24. The first-order valence-electron chi connectivity index (χ1n) is 8.29. The second-order valence-corrected chi connectivity index (χ2v) is 7.83. The Labute approximate surface area is 138 Å². The van der Waals surface area contributed by atoms with Gasteiger partial charge in [-0.25, -0.2) is 8.42 Å². The number of hydrogen-bond donors (Lipinski definition) is 0. The first-order valence-corrected chi connectivity index (χ1v) is 9.73. The van der Waals surface area contributed by atoms with Gasteiger partial charge in [0.25, 0.3) is 0 Å². The van der Waals surface area contributed by atoms with Crippen molar-refractivity contribution in [3.63, 3.8) is 0 Å². The van der Waals surface area contributed by atoms with E-state index in [0.717, 1.165) is 42.2 Å². The van der Waals surface area contributed by atoms with Gasteiger partial charge in [-0.3, -0.25) is 0 Å². The van der Waals surface area contributed by atoms with Gasteiger partial charge in [-0.1, -0.05) is 37.6 Å². The predicted octanol–water partition coefficient (Wildman–Crippen LogP) is 3.80. The maximum Gasteiger partial charge on any atom is 0.243 e. The van der Waals surface area contributed by atoms with Gasteiger partial charge in [0.15, 0.2) is 0 Å². The first kappa shape index (κ1) is 16.3. The predicted molar refractivity (Wildman–Crippen MR) is 92.3 cm³/mol. The fourth-order valence-corrected chi connectivity index (χ4v) is 4.70. The Morgan fingerprint density at radius 2 is 1.74 bits per heavy atom. The zero-order chi connectivity index (χ0) is 16.3. The highest BCUT2D eigenvalue weighted by molar-refractivity contribution is 7.89. The van der Waals surface area contributed by atoms with Crippen LogP contribution in [0.15, 0.2) is 41.3 Å². The van der Waals surface area contributed by atoms with Gasteiger partial charge in [-0.2, -0.15) is 4.31 Å². The minimum absolute atomic E-state index is 0.387. The van der Waals surface area contributed by atoms with E-state index in [-0.39, 0.29) is 0 Å². The molecule has 3 rings (SSSR count). The van der Waals surface area contributed by atoms with Crippen molar-refractivity contribution in [3.05, 3.63) is 36.4 Å². The lowest BCUT2D eigenvalue weighted by molar-refractivity contribution is 0.313. The molecule has 5 heteroatoms. The monoisotopic (exact) mass is 333 g/mol. The van der Waals surface area contributed by atoms with Gasteiger partial charge in [0.05, 0.1) is 11.5 Å². The molecule has 4 nitrogen and oxygen atoms in total. The van der Waals surface area contributed by atoms with Crippen molar-refractivity contribution in [1.82, 2.24) is 4.31 Å². The van der Waals surface area contributed by atoms with E-state index in [9.17, 15) is 8.42 Å². The third-order valence-electron chi connectivity index (χ3n) is 4.28.